The molecule has 1 aromatic heterocycles. The van der Waals surface area contributed by atoms with Crippen LogP contribution in [0, 0.1) is 6.92 Å². The van der Waals surface area contributed by atoms with E-state index in [1.807, 2.05) is 11.3 Å². The first-order chi connectivity index (χ1) is 7.19. The van der Waals surface area contributed by atoms with Crippen molar-refractivity contribution in [1.82, 2.24) is 4.90 Å². The molecule has 2 nitrogen and oxygen atoms in total. The second kappa shape index (κ2) is 6.26. The summed E-state index contributed by atoms with van der Waals surface area (Å²) in [5.74, 6) is 0. The number of nitrogens with zero attached hydrogens (tertiary/aromatic N) is 1. The van der Waals surface area contributed by atoms with Gasteiger partial charge in [0.1, 0.15) is 0 Å². The van der Waals surface area contributed by atoms with Crippen LogP contribution in [0.1, 0.15) is 35.6 Å². The van der Waals surface area contributed by atoms with Gasteiger partial charge in [0.25, 0.3) is 0 Å². The molecule has 0 amide bonds. The molecular weight excluding hydrogens is 204 g/mol. The summed E-state index contributed by atoms with van der Waals surface area (Å²) in [5, 5.41) is 0. The molecule has 0 aromatic carbocycles. The zero-order chi connectivity index (χ0) is 11.3. The van der Waals surface area contributed by atoms with Crippen molar-refractivity contribution in [3.8, 4) is 0 Å². The Morgan fingerprint density at radius 3 is 2.67 bits per heavy atom. The lowest BCUT2D eigenvalue weighted by Gasteiger charge is -2.25. The second-order valence-electron chi connectivity index (χ2n) is 4.03. The van der Waals surface area contributed by atoms with Crippen LogP contribution >= 0.6 is 11.3 Å². The Balaban J connectivity index is 2.62. The predicted octanol–water partition coefficient (Wildman–Crippen LogP) is 2.79. The smallest absolute Gasteiger partial charge is 0.0561 e. The highest BCUT2D eigenvalue weighted by atomic mass is 32.1. The van der Waals surface area contributed by atoms with Crippen LogP contribution in [0.25, 0.3) is 0 Å². The summed E-state index contributed by atoms with van der Waals surface area (Å²) in [6, 6.07) is 4.78. The normalized spacial score (nSPS) is 13.4. The van der Waals surface area contributed by atoms with Gasteiger partial charge in [-0.1, -0.05) is 13.3 Å². The summed E-state index contributed by atoms with van der Waals surface area (Å²) >= 11 is 1.86. The number of hydrogen-bond acceptors (Lipinski definition) is 3. The molecule has 0 radical (unpaired) electrons. The SMILES string of the molecule is CCCCN(C)C(CN)c1ccc(C)s1. The van der Waals surface area contributed by atoms with E-state index in [2.05, 4.69) is 37.9 Å². The maximum absolute atomic E-state index is 5.85. The quantitative estimate of drug-likeness (QED) is 0.808. The van der Waals surface area contributed by atoms with Crippen LogP contribution in [-0.4, -0.2) is 25.0 Å². The maximum atomic E-state index is 5.85. The molecule has 0 aliphatic heterocycles. The molecule has 1 heterocycles. The van der Waals surface area contributed by atoms with Crippen LogP contribution in [0.2, 0.25) is 0 Å². The van der Waals surface area contributed by atoms with E-state index in [9.17, 15) is 0 Å². The Labute approximate surface area is 97.1 Å². The molecule has 1 unspecified atom stereocenters. The van der Waals surface area contributed by atoms with Crippen molar-refractivity contribution in [2.24, 2.45) is 5.73 Å². The monoisotopic (exact) mass is 226 g/mol. The fourth-order valence-electron chi connectivity index (χ4n) is 1.71. The summed E-state index contributed by atoms with van der Waals surface area (Å²) in [7, 11) is 2.17. The van der Waals surface area contributed by atoms with Gasteiger partial charge in [0.2, 0.25) is 0 Å². The minimum Gasteiger partial charge on any atom is -0.329 e. The first kappa shape index (κ1) is 12.7. The van der Waals surface area contributed by atoms with Crippen molar-refractivity contribution in [1.29, 1.82) is 0 Å². The van der Waals surface area contributed by atoms with Gasteiger partial charge in [-0.2, -0.15) is 0 Å². The average molecular weight is 226 g/mol. The largest absolute Gasteiger partial charge is 0.329 e. The number of unbranched alkanes of at least 4 members (excludes halogenated alkanes) is 1. The van der Waals surface area contributed by atoms with Crippen molar-refractivity contribution in [3.05, 3.63) is 21.9 Å². The highest BCUT2D eigenvalue weighted by Crippen LogP contribution is 2.26. The van der Waals surface area contributed by atoms with E-state index in [1.165, 1.54) is 22.6 Å². The maximum Gasteiger partial charge on any atom is 0.0561 e. The van der Waals surface area contributed by atoms with E-state index in [1.54, 1.807) is 0 Å². The standard InChI is InChI=1S/C12H22N2S/c1-4-5-8-14(3)11(9-13)12-7-6-10(2)15-12/h6-7,11H,4-5,8-9,13H2,1-3H3. The van der Waals surface area contributed by atoms with Crippen LogP contribution in [0.5, 0.6) is 0 Å². The first-order valence-corrected chi connectivity index (χ1v) is 6.47. The summed E-state index contributed by atoms with van der Waals surface area (Å²) in [6.45, 7) is 6.21. The molecule has 0 saturated carbocycles. The molecule has 86 valence electrons. The molecule has 15 heavy (non-hydrogen) atoms. The highest BCUT2D eigenvalue weighted by molar-refractivity contribution is 7.12. The van der Waals surface area contributed by atoms with E-state index in [4.69, 9.17) is 5.73 Å². The van der Waals surface area contributed by atoms with Crippen molar-refractivity contribution in [2.75, 3.05) is 20.1 Å². The number of nitrogens with two attached hydrogens (primary N) is 1. The highest BCUT2D eigenvalue weighted by Gasteiger charge is 2.16. The van der Waals surface area contributed by atoms with Gasteiger partial charge in [-0.05, 0) is 39.1 Å². The fourth-order valence-corrected chi connectivity index (χ4v) is 2.77. The molecule has 0 saturated heterocycles. The van der Waals surface area contributed by atoms with Gasteiger partial charge in [0.15, 0.2) is 0 Å². The Kier molecular flexibility index (Phi) is 5.29. The van der Waals surface area contributed by atoms with Gasteiger partial charge in [-0.25, -0.2) is 0 Å². The molecule has 1 rings (SSSR count). The summed E-state index contributed by atoms with van der Waals surface area (Å²) in [5.41, 5.74) is 5.85. The zero-order valence-electron chi connectivity index (χ0n) is 9.99. The van der Waals surface area contributed by atoms with Crippen LogP contribution in [-0.2, 0) is 0 Å². The second-order valence-corrected chi connectivity index (χ2v) is 5.35. The van der Waals surface area contributed by atoms with Crippen molar-refractivity contribution < 1.29 is 0 Å². The number of rotatable bonds is 6. The lowest BCUT2D eigenvalue weighted by molar-refractivity contribution is 0.250. The van der Waals surface area contributed by atoms with Gasteiger partial charge >= 0.3 is 0 Å². The number of hydrogen-bond donors (Lipinski definition) is 1. The summed E-state index contributed by atoms with van der Waals surface area (Å²) in [4.78, 5) is 5.13. The lowest BCUT2D eigenvalue weighted by Crippen LogP contribution is -2.30. The number of aryl methyl sites for hydroxylation is 1. The van der Waals surface area contributed by atoms with Gasteiger partial charge in [-0.3, -0.25) is 4.90 Å². The molecule has 2 N–H and O–H groups in total. The van der Waals surface area contributed by atoms with Gasteiger partial charge in [0.05, 0.1) is 6.04 Å². The molecule has 0 fully saturated rings. The molecular formula is C12H22N2S. The molecule has 0 bridgehead atoms. The fraction of sp³-hybridized carbons (Fsp3) is 0.667. The molecule has 1 atom stereocenters. The van der Waals surface area contributed by atoms with Gasteiger partial charge < -0.3 is 5.73 Å². The van der Waals surface area contributed by atoms with Gasteiger partial charge in [-0.15, -0.1) is 11.3 Å². The van der Waals surface area contributed by atoms with Crippen molar-refractivity contribution in [3.63, 3.8) is 0 Å². The van der Waals surface area contributed by atoms with E-state index >= 15 is 0 Å². The topological polar surface area (TPSA) is 29.3 Å². The molecule has 3 heteroatoms. The van der Waals surface area contributed by atoms with Gasteiger partial charge in [0, 0.05) is 16.3 Å². The van der Waals surface area contributed by atoms with E-state index < -0.39 is 0 Å². The molecule has 0 spiro atoms. The third-order valence-corrected chi connectivity index (χ3v) is 3.81. The lowest BCUT2D eigenvalue weighted by atomic mass is 10.2. The summed E-state index contributed by atoms with van der Waals surface area (Å²) < 4.78 is 0. The Morgan fingerprint density at radius 2 is 2.20 bits per heavy atom. The Bertz CT molecular complexity index is 283. The van der Waals surface area contributed by atoms with Crippen molar-refractivity contribution >= 4 is 11.3 Å². The van der Waals surface area contributed by atoms with Crippen molar-refractivity contribution in [2.45, 2.75) is 32.7 Å². The molecule has 1 aromatic rings. The van der Waals surface area contributed by atoms with Crippen LogP contribution in [0.4, 0.5) is 0 Å². The molecule has 0 aliphatic carbocycles. The minimum atomic E-state index is 0.398. The molecule has 0 aliphatic rings. The average Bonchev–Trinajstić information content (AvgIpc) is 2.63. The van der Waals surface area contributed by atoms with E-state index in [0.29, 0.717) is 12.6 Å². The van der Waals surface area contributed by atoms with E-state index in [-0.39, 0.29) is 0 Å². The van der Waals surface area contributed by atoms with E-state index in [0.717, 1.165) is 6.54 Å². The minimum absolute atomic E-state index is 0.398. The number of thiophene rings is 1. The summed E-state index contributed by atoms with van der Waals surface area (Å²) in [6.07, 6.45) is 2.49. The Morgan fingerprint density at radius 1 is 1.47 bits per heavy atom. The third-order valence-electron chi connectivity index (χ3n) is 2.71. The van der Waals surface area contributed by atoms with Crippen LogP contribution in [0.15, 0.2) is 12.1 Å². The van der Waals surface area contributed by atoms with Crippen LogP contribution < -0.4 is 5.73 Å². The first-order valence-electron chi connectivity index (χ1n) is 5.65. The third kappa shape index (κ3) is 3.59. The number of likely N-dealkylation sites (N-methyl/N-ethyl adjacent to an activating group) is 1. The van der Waals surface area contributed by atoms with Crippen LogP contribution in [0.3, 0.4) is 0 Å². The predicted molar refractivity (Wildman–Crippen MR) is 68.4 cm³/mol. The zero-order valence-corrected chi connectivity index (χ0v) is 10.8. The Hall–Kier alpha value is -0.380.